The van der Waals surface area contributed by atoms with Crippen LogP contribution < -0.4 is 0 Å². The summed E-state index contributed by atoms with van der Waals surface area (Å²) < 4.78 is 26.6. The van der Waals surface area contributed by atoms with Crippen LogP contribution in [-0.4, -0.2) is 13.7 Å². The maximum Gasteiger partial charge on any atom is 0.202 e. The van der Waals surface area contributed by atoms with Crippen molar-refractivity contribution in [2.75, 3.05) is 0 Å². The summed E-state index contributed by atoms with van der Waals surface area (Å²) in [6.07, 6.45) is 0. The molecule has 10 aromatic carbocycles. The monoisotopic (exact) mass is 893 g/mol. The van der Waals surface area contributed by atoms with Gasteiger partial charge < -0.3 is 27.0 Å². The van der Waals surface area contributed by atoms with Crippen molar-refractivity contribution in [1.82, 2.24) is 13.7 Å². The van der Waals surface area contributed by atoms with Gasteiger partial charge >= 0.3 is 0 Å². The average Bonchev–Trinajstić information content (AvgIpc) is 4.25. The van der Waals surface area contributed by atoms with Crippen molar-refractivity contribution in [3.63, 3.8) is 0 Å². The summed E-state index contributed by atoms with van der Waals surface area (Å²) in [4.78, 5) is 8.75. The molecule has 0 saturated heterocycles. The van der Waals surface area contributed by atoms with E-state index in [2.05, 4.69) is 139 Å². The fourth-order valence-corrected chi connectivity index (χ4v) is 11.7. The van der Waals surface area contributed by atoms with Crippen molar-refractivity contribution < 1.29 is 13.3 Å². The van der Waals surface area contributed by atoms with Crippen molar-refractivity contribution in [3.8, 4) is 17.1 Å². The van der Waals surface area contributed by atoms with Gasteiger partial charge in [-0.2, -0.15) is 0 Å². The van der Waals surface area contributed by atoms with Gasteiger partial charge in [-0.05, 0) is 60.7 Å². The first-order valence-corrected chi connectivity index (χ1v) is 23.1. The molecule has 0 unspecified atom stereocenters. The zero-order valence-electron chi connectivity index (χ0n) is 36.9. The van der Waals surface area contributed by atoms with Gasteiger partial charge in [-0.3, -0.25) is 0 Å². The zero-order chi connectivity index (χ0) is 45.9. The zero-order valence-corrected chi connectivity index (χ0v) is 36.9. The second-order valence-corrected chi connectivity index (χ2v) is 18.1. The lowest BCUT2D eigenvalue weighted by Crippen LogP contribution is -2.10. The maximum absolute atomic E-state index is 9.09. The van der Waals surface area contributed by atoms with Gasteiger partial charge in [-0.1, -0.05) is 109 Å². The van der Waals surface area contributed by atoms with Crippen LogP contribution in [0.5, 0.6) is 0 Å². The van der Waals surface area contributed by atoms with Crippen molar-refractivity contribution in [3.05, 3.63) is 211 Å². The van der Waals surface area contributed by atoms with Crippen LogP contribution in [0.25, 0.3) is 158 Å². The van der Waals surface area contributed by atoms with Gasteiger partial charge in [0.25, 0.3) is 0 Å². The average molecular weight is 894 g/mol. The van der Waals surface area contributed by atoms with Crippen LogP contribution in [-0.2, 0) is 0 Å². The van der Waals surface area contributed by atoms with E-state index in [1.54, 1.807) is 6.07 Å². The molecule has 0 aliphatic carbocycles. The lowest BCUT2D eigenvalue weighted by atomic mass is 10.1. The molecule has 6 heterocycles. The van der Waals surface area contributed by atoms with Gasteiger partial charge in [0.2, 0.25) is 11.4 Å². The van der Waals surface area contributed by atoms with Crippen LogP contribution in [0.15, 0.2) is 201 Å². The number of fused-ring (bicyclic) bond motifs is 18. The maximum atomic E-state index is 9.09. The van der Waals surface area contributed by atoms with Gasteiger partial charge in [0.05, 0.1) is 63.3 Å². The smallest absolute Gasteiger partial charge is 0.202 e. The van der Waals surface area contributed by atoms with Gasteiger partial charge in [0, 0.05) is 82.8 Å². The third-order valence-electron chi connectivity index (χ3n) is 14.6. The van der Waals surface area contributed by atoms with Crippen LogP contribution >= 0.6 is 0 Å². The summed E-state index contributed by atoms with van der Waals surface area (Å²) in [5, 5.41) is 12.3. The van der Waals surface area contributed by atoms with Crippen molar-refractivity contribution >= 4 is 143 Å². The minimum Gasteiger partial charge on any atom is -0.456 e. The van der Waals surface area contributed by atoms with E-state index in [1.807, 2.05) is 66.7 Å². The molecular formula is C62H31N5O3. The second-order valence-electron chi connectivity index (χ2n) is 18.1. The van der Waals surface area contributed by atoms with Gasteiger partial charge in [-0.15, -0.1) is 0 Å². The first-order chi connectivity index (χ1) is 34.6. The molecule has 0 aliphatic heterocycles. The Balaban J connectivity index is 1.16. The summed E-state index contributed by atoms with van der Waals surface area (Å²) >= 11 is 0. The molecule has 6 aromatic heterocycles. The largest absolute Gasteiger partial charge is 0.456 e. The minimum absolute atomic E-state index is 0.327. The molecule has 322 valence electrons. The number of hydrogen-bond acceptors (Lipinski definition) is 3. The number of hydrogen-bond donors (Lipinski definition) is 0. The molecule has 0 bridgehead atoms. The van der Waals surface area contributed by atoms with Crippen molar-refractivity contribution in [1.29, 1.82) is 0 Å². The molecule has 0 N–H and O–H groups in total. The second kappa shape index (κ2) is 13.3. The third kappa shape index (κ3) is 4.71. The lowest BCUT2D eigenvalue weighted by molar-refractivity contribution is 0.669. The molecule has 70 heavy (non-hydrogen) atoms. The Labute approximate surface area is 395 Å². The summed E-state index contributed by atoms with van der Waals surface area (Å²) in [5.74, 6) is 0. The molecule has 0 fully saturated rings. The van der Waals surface area contributed by atoms with Gasteiger partial charge in [0.15, 0.2) is 0 Å². The minimum atomic E-state index is 0.327. The van der Waals surface area contributed by atoms with E-state index in [4.69, 9.17) is 26.4 Å². The highest BCUT2D eigenvalue weighted by atomic mass is 16.3. The number of nitrogens with zero attached hydrogens (tertiary/aromatic N) is 5. The predicted octanol–water partition coefficient (Wildman–Crippen LogP) is 17.8. The summed E-state index contributed by atoms with van der Waals surface area (Å²) in [5.41, 5.74) is 12.5. The fourth-order valence-electron chi connectivity index (χ4n) is 11.7. The third-order valence-corrected chi connectivity index (χ3v) is 14.6. The summed E-state index contributed by atoms with van der Waals surface area (Å²) in [6, 6.07) is 64.5. The van der Waals surface area contributed by atoms with Gasteiger partial charge in [-0.25, -0.2) is 9.69 Å². The van der Waals surface area contributed by atoms with Crippen LogP contribution in [0, 0.1) is 13.1 Å². The molecule has 8 heteroatoms. The molecule has 0 amide bonds. The Morgan fingerprint density at radius 2 is 0.557 bits per heavy atom. The Morgan fingerprint density at radius 3 is 0.900 bits per heavy atom. The van der Waals surface area contributed by atoms with Crippen molar-refractivity contribution in [2.24, 2.45) is 0 Å². The standard InChI is InChI=1S/C62H31N5O3/c1-63-46-30-47(64-2)61(66-49-22-10-4-16-35(49)41-28-44-38-19-7-13-25-55(38)69-58(44)32-52(41)66)62(67-50-23-11-5-17-36(50)42-29-45-39-20-8-14-26-56(39)70-59(45)33-53(42)67)60(46)65-48-21-9-3-15-34(48)40-27-43-37-18-6-12-24-54(37)68-57(43)31-51(40)65/h3-33H. The Kier molecular flexibility index (Phi) is 7.06. The van der Waals surface area contributed by atoms with Crippen molar-refractivity contribution in [2.45, 2.75) is 0 Å². The predicted molar refractivity (Wildman–Crippen MR) is 284 cm³/mol. The Hall–Kier alpha value is -10.0. The van der Waals surface area contributed by atoms with Crippen LogP contribution in [0.4, 0.5) is 11.4 Å². The number of benzene rings is 10. The van der Waals surface area contributed by atoms with Gasteiger partial charge in [0.1, 0.15) is 33.5 Å². The summed E-state index contributed by atoms with van der Waals surface area (Å²) in [7, 11) is 0. The topological polar surface area (TPSA) is 62.9 Å². The first-order valence-electron chi connectivity index (χ1n) is 23.1. The highest BCUT2D eigenvalue weighted by Gasteiger charge is 2.31. The first kappa shape index (κ1) is 37.1. The molecule has 0 saturated carbocycles. The number of rotatable bonds is 3. The number of furan rings is 3. The van der Waals surface area contributed by atoms with Crippen LogP contribution in [0.3, 0.4) is 0 Å². The molecule has 16 aromatic rings. The van der Waals surface area contributed by atoms with E-state index in [9.17, 15) is 0 Å². The van der Waals surface area contributed by atoms with E-state index >= 15 is 0 Å². The van der Waals surface area contributed by atoms with E-state index in [-0.39, 0.29) is 0 Å². The van der Waals surface area contributed by atoms with E-state index < -0.39 is 0 Å². The number of para-hydroxylation sites is 6. The van der Waals surface area contributed by atoms with E-state index in [1.165, 1.54) is 0 Å². The molecule has 16 rings (SSSR count). The molecule has 0 radical (unpaired) electrons. The lowest BCUT2D eigenvalue weighted by Gasteiger charge is -2.24. The van der Waals surface area contributed by atoms with Crippen LogP contribution in [0.1, 0.15) is 0 Å². The molecule has 0 aliphatic rings. The Morgan fingerprint density at radius 1 is 0.257 bits per heavy atom. The molecule has 0 atom stereocenters. The Bertz CT molecular complexity index is 4890. The normalized spacial score (nSPS) is 12.3. The molecular weight excluding hydrogens is 863 g/mol. The molecule has 8 nitrogen and oxygen atoms in total. The van der Waals surface area contributed by atoms with Crippen LogP contribution in [0.2, 0.25) is 0 Å². The highest BCUT2D eigenvalue weighted by Crippen LogP contribution is 2.51. The SMILES string of the molecule is [C-]#[N+]c1cc([N+]#[C-])c(-n2c3ccccc3c3cc4c(cc32)oc2ccccc24)c(-n2c3ccccc3c3cc4c(cc32)oc2ccccc24)c1-n1c2ccccc2c2cc3c(cc21)oc1ccccc13. The number of aromatic nitrogens is 3. The summed E-state index contributed by atoms with van der Waals surface area (Å²) in [6.45, 7) is 18.2. The quantitative estimate of drug-likeness (QED) is 0.166. The fraction of sp³-hybridized carbons (Fsp3) is 0. The van der Waals surface area contributed by atoms with E-state index in [0.29, 0.717) is 28.4 Å². The van der Waals surface area contributed by atoms with E-state index in [0.717, 1.165) is 131 Å². The molecule has 0 spiro atoms. The highest BCUT2D eigenvalue weighted by molar-refractivity contribution is 6.22.